The lowest BCUT2D eigenvalue weighted by atomic mass is 10.00. The van der Waals surface area contributed by atoms with Crippen LogP contribution in [-0.2, 0) is 5.60 Å². The van der Waals surface area contributed by atoms with Gasteiger partial charge in [-0.1, -0.05) is 0 Å². The first kappa shape index (κ1) is 24.8. The largest absolute Gasteiger partial charge is 0.383 e. The molecular formula is C21H29F2IN4OS. The van der Waals surface area contributed by atoms with Gasteiger partial charge < -0.3 is 20.6 Å². The van der Waals surface area contributed by atoms with Gasteiger partial charge in [-0.3, -0.25) is 0 Å². The van der Waals surface area contributed by atoms with Gasteiger partial charge in [0.2, 0.25) is 0 Å². The molecule has 0 aliphatic carbocycles. The van der Waals surface area contributed by atoms with Gasteiger partial charge in [0.1, 0.15) is 5.60 Å². The third kappa shape index (κ3) is 6.52. The van der Waals surface area contributed by atoms with Crippen LogP contribution in [0.15, 0.2) is 40.0 Å². The summed E-state index contributed by atoms with van der Waals surface area (Å²) in [7, 11) is 0. The molecule has 2 aromatic rings. The Kier molecular flexibility index (Phi) is 9.30. The zero-order chi connectivity index (χ0) is 20.9. The van der Waals surface area contributed by atoms with Crippen LogP contribution in [0, 0.1) is 17.6 Å². The number of hydrogen-bond acceptors (Lipinski definition) is 4. The first-order valence-electron chi connectivity index (χ1n) is 9.86. The van der Waals surface area contributed by atoms with Crippen molar-refractivity contribution in [2.75, 3.05) is 37.6 Å². The highest BCUT2D eigenvalue weighted by Gasteiger charge is 2.25. The molecule has 1 aliphatic heterocycles. The highest BCUT2D eigenvalue weighted by Crippen LogP contribution is 2.25. The molecule has 0 radical (unpaired) electrons. The molecular weight excluding hydrogens is 521 g/mol. The van der Waals surface area contributed by atoms with Crippen molar-refractivity contribution in [1.29, 1.82) is 0 Å². The lowest BCUT2D eigenvalue weighted by molar-refractivity contribution is 0.0677. The maximum Gasteiger partial charge on any atom is 0.191 e. The predicted molar refractivity (Wildman–Crippen MR) is 130 cm³/mol. The molecule has 3 N–H and O–H groups in total. The number of anilines is 1. The Morgan fingerprint density at radius 1 is 1.30 bits per heavy atom. The molecule has 2 unspecified atom stereocenters. The van der Waals surface area contributed by atoms with Crippen molar-refractivity contribution in [3.8, 4) is 0 Å². The van der Waals surface area contributed by atoms with Crippen molar-refractivity contribution in [2.24, 2.45) is 10.9 Å². The highest BCUT2D eigenvalue weighted by atomic mass is 127. The molecule has 30 heavy (non-hydrogen) atoms. The summed E-state index contributed by atoms with van der Waals surface area (Å²) in [5.74, 6) is -0.613. The number of benzene rings is 1. The number of nitrogens with zero attached hydrogens (tertiary/aromatic N) is 2. The van der Waals surface area contributed by atoms with Crippen LogP contribution in [0.4, 0.5) is 14.5 Å². The van der Waals surface area contributed by atoms with Crippen molar-refractivity contribution in [3.05, 3.63) is 52.2 Å². The number of halogens is 3. The fourth-order valence-corrected chi connectivity index (χ4v) is 4.18. The topological polar surface area (TPSA) is 59.9 Å². The Hall–Kier alpha value is -1.46. The molecule has 2 heterocycles. The third-order valence-electron chi connectivity index (χ3n) is 5.14. The quantitative estimate of drug-likeness (QED) is 0.278. The predicted octanol–water partition coefficient (Wildman–Crippen LogP) is 3.93. The van der Waals surface area contributed by atoms with E-state index in [9.17, 15) is 13.9 Å². The number of hydrogen-bond donors (Lipinski definition) is 3. The standard InChI is InChI=1S/C21H28F2N4OS.HI/c1-3-24-20(26-14-21(2,28)16-7-9-29-13-16)25-11-15-6-8-27(12-15)17-4-5-18(22)19(23)10-17;/h4-5,7,9-10,13,15,28H,3,6,8,11-12,14H2,1-2H3,(H2,24,25,26);1H. The Morgan fingerprint density at radius 2 is 2.10 bits per heavy atom. The molecule has 2 atom stereocenters. The molecule has 166 valence electrons. The molecule has 3 rings (SSSR count). The fourth-order valence-electron chi connectivity index (χ4n) is 3.39. The van der Waals surface area contributed by atoms with E-state index < -0.39 is 17.2 Å². The second kappa shape index (κ2) is 11.2. The second-order valence-electron chi connectivity index (χ2n) is 7.56. The SMILES string of the molecule is CCNC(=NCC(C)(O)c1ccsc1)NCC1CCN(c2ccc(F)c(F)c2)C1.I. The van der Waals surface area contributed by atoms with E-state index in [1.165, 1.54) is 12.1 Å². The van der Waals surface area contributed by atoms with Gasteiger partial charge in [0, 0.05) is 37.9 Å². The van der Waals surface area contributed by atoms with Gasteiger partial charge in [-0.15, -0.1) is 24.0 Å². The van der Waals surface area contributed by atoms with Crippen LogP contribution in [-0.4, -0.2) is 43.8 Å². The summed E-state index contributed by atoms with van der Waals surface area (Å²) in [4.78, 5) is 6.61. The summed E-state index contributed by atoms with van der Waals surface area (Å²) < 4.78 is 26.6. The van der Waals surface area contributed by atoms with E-state index in [-0.39, 0.29) is 30.5 Å². The van der Waals surface area contributed by atoms with Crippen LogP contribution in [0.2, 0.25) is 0 Å². The number of guanidine groups is 1. The molecule has 1 aliphatic rings. The van der Waals surface area contributed by atoms with Gasteiger partial charge in [-0.2, -0.15) is 11.3 Å². The van der Waals surface area contributed by atoms with Crippen molar-refractivity contribution in [2.45, 2.75) is 25.9 Å². The maximum atomic E-state index is 13.5. The van der Waals surface area contributed by atoms with Gasteiger partial charge in [-0.05, 0) is 60.7 Å². The monoisotopic (exact) mass is 550 g/mol. The van der Waals surface area contributed by atoms with Gasteiger partial charge >= 0.3 is 0 Å². The van der Waals surface area contributed by atoms with Crippen LogP contribution in [0.25, 0.3) is 0 Å². The number of nitrogens with one attached hydrogen (secondary N) is 2. The molecule has 9 heteroatoms. The van der Waals surface area contributed by atoms with E-state index in [0.29, 0.717) is 24.1 Å². The maximum absolute atomic E-state index is 13.5. The zero-order valence-electron chi connectivity index (χ0n) is 17.2. The molecule has 0 amide bonds. The third-order valence-corrected chi connectivity index (χ3v) is 5.83. The summed E-state index contributed by atoms with van der Waals surface area (Å²) in [6, 6.07) is 5.95. The molecule has 1 fully saturated rings. The second-order valence-corrected chi connectivity index (χ2v) is 8.34. The van der Waals surface area contributed by atoms with E-state index in [4.69, 9.17) is 0 Å². The molecule has 0 bridgehead atoms. The zero-order valence-corrected chi connectivity index (χ0v) is 20.3. The highest BCUT2D eigenvalue weighted by molar-refractivity contribution is 14.0. The van der Waals surface area contributed by atoms with E-state index >= 15 is 0 Å². The molecule has 1 aromatic carbocycles. The lowest BCUT2D eigenvalue weighted by Gasteiger charge is -2.22. The minimum absolute atomic E-state index is 0. The van der Waals surface area contributed by atoms with Crippen LogP contribution in [0.5, 0.6) is 0 Å². The van der Waals surface area contributed by atoms with Gasteiger partial charge in [0.25, 0.3) is 0 Å². The minimum atomic E-state index is -1.01. The van der Waals surface area contributed by atoms with Crippen molar-refractivity contribution >= 4 is 47.0 Å². The number of rotatable bonds is 7. The van der Waals surface area contributed by atoms with Gasteiger partial charge in [-0.25, -0.2) is 13.8 Å². The number of aliphatic hydroxyl groups is 1. The molecule has 0 spiro atoms. The minimum Gasteiger partial charge on any atom is -0.383 e. The average molecular weight is 550 g/mol. The summed E-state index contributed by atoms with van der Waals surface area (Å²) in [5.41, 5.74) is 0.554. The summed E-state index contributed by atoms with van der Waals surface area (Å²) in [6.45, 7) is 7.02. The van der Waals surface area contributed by atoms with Crippen LogP contribution in [0.1, 0.15) is 25.8 Å². The number of thiophene rings is 1. The van der Waals surface area contributed by atoms with Crippen LogP contribution in [0.3, 0.4) is 0 Å². The van der Waals surface area contributed by atoms with E-state index in [0.717, 1.165) is 31.6 Å². The molecule has 0 saturated carbocycles. The fraction of sp³-hybridized carbons (Fsp3) is 0.476. The Labute approximate surface area is 197 Å². The molecule has 1 aromatic heterocycles. The Bertz CT molecular complexity index is 832. The van der Waals surface area contributed by atoms with Crippen molar-refractivity contribution in [3.63, 3.8) is 0 Å². The first-order chi connectivity index (χ1) is 13.9. The lowest BCUT2D eigenvalue weighted by Crippen LogP contribution is -2.41. The summed E-state index contributed by atoms with van der Waals surface area (Å²) >= 11 is 1.55. The van der Waals surface area contributed by atoms with E-state index in [1.807, 2.05) is 23.8 Å². The van der Waals surface area contributed by atoms with E-state index in [2.05, 4.69) is 20.5 Å². The summed E-state index contributed by atoms with van der Waals surface area (Å²) in [5, 5.41) is 21.1. The molecule has 1 saturated heterocycles. The van der Waals surface area contributed by atoms with Crippen molar-refractivity contribution < 1.29 is 13.9 Å². The van der Waals surface area contributed by atoms with Crippen LogP contribution >= 0.6 is 35.3 Å². The van der Waals surface area contributed by atoms with Crippen molar-refractivity contribution in [1.82, 2.24) is 10.6 Å². The number of aliphatic imine (C=N–C) groups is 1. The Morgan fingerprint density at radius 3 is 2.77 bits per heavy atom. The Balaban J connectivity index is 0.00000320. The normalized spacial score (nSPS) is 18.6. The first-order valence-corrected chi connectivity index (χ1v) is 10.8. The summed E-state index contributed by atoms with van der Waals surface area (Å²) in [6.07, 6.45) is 0.956. The average Bonchev–Trinajstić information content (AvgIpc) is 3.38. The van der Waals surface area contributed by atoms with E-state index in [1.54, 1.807) is 24.3 Å². The smallest absolute Gasteiger partial charge is 0.191 e. The van der Waals surface area contributed by atoms with Gasteiger partial charge in [0.15, 0.2) is 17.6 Å². The van der Waals surface area contributed by atoms with Crippen LogP contribution < -0.4 is 15.5 Å². The van der Waals surface area contributed by atoms with Gasteiger partial charge in [0.05, 0.1) is 6.54 Å². The molecule has 5 nitrogen and oxygen atoms in total.